The fourth-order valence-corrected chi connectivity index (χ4v) is 2.71. The standard InChI is InChI=1S/C14H18F3NO2/c15-14(16,17)11-3-1-2-4-12(11)18-8-9-5-6-10(19)7-13(9)20/h5-7,11-12,18-20H,1-4,8H2. The number of nitrogens with one attached hydrogen (secondary N) is 1. The molecule has 1 aromatic carbocycles. The zero-order valence-corrected chi connectivity index (χ0v) is 11.0. The lowest BCUT2D eigenvalue weighted by Crippen LogP contribution is -2.45. The van der Waals surface area contributed by atoms with Gasteiger partial charge in [-0.3, -0.25) is 0 Å². The number of hydrogen-bond donors (Lipinski definition) is 3. The molecule has 0 aromatic heterocycles. The largest absolute Gasteiger partial charge is 0.508 e. The van der Waals surface area contributed by atoms with Crippen molar-refractivity contribution in [1.82, 2.24) is 5.32 Å². The maximum atomic E-state index is 12.9. The predicted octanol–water partition coefficient (Wildman–Crippen LogP) is 3.31. The number of halogens is 3. The number of aromatic hydroxyl groups is 2. The van der Waals surface area contributed by atoms with Gasteiger partial charge in [-0.15, -0.1) is 0 Å². The molecule has 2 atom stereocenters. The van der Waals surface area contributed by atoms with Crippen molar-refractivity contribution in [2.45, 2.75) is 44.4 Å². The Kier molecular flexibility index (Phi) is 4.42. The molecule has 1 saturated carbocycles. The van der Waals surface area contributed by atoms with Crippen molar-refractivity contribution in [1.29, 1.82) is 0 Å². The van der Waals surface area contributed by atoms with Crippen molar-refractivity contribution < 1.29 is 23.4 Å². The van der Waals surface area contributed by atoms with E-state index < -0.39 is 18.1 Å². The first-order valence-electron chi connectivity index (χ1n) is 6.69. The highest BCUT2D eigenvalue weighted by molar-refractivity contribution is 5.38. The van der Waals surface area contributed by atoms with Gasteiger partial charge in [0.15, 0.2) is 0 Å². The van der Waals surface area contributed by atoms with Crippen molar-refractivity contribution in [2.75, 3.05) is 0 Å². The minimum atomic E-state index is -4.19. The number of benzene rings is 1. The van der Waals surface area contributed by atoms with E-state index in [4.69, 9.17) is 0 Å². The number of phenols is 2. The Labute approximate surface area is 115 Å². The van der Waals surface area contributed by atoms with Gasteiger partial charge >= 0.3 is 6.18 Å². The summed E-state index contributed by atoms with van der Waals surface area (Å²) >= 11 is 0. The summed E-state index contributed by atoms with van der Waals surface area (Å²) in [5.74, 6) is -1.51. The Bertz CT molecular complexity index is 462. The Hall–Kier alpha value is -1.43. The van der Waals surface area contributed by atoms with Gasteiger partial charge in [0, 0.05) is 24.2 Å². The molecule has 0 spiro atoms. The van der Waals surface area contributed by atoms with E-state index in [1.165, 1.54) is 18.2 Å². The third-order valence-electron chi connectivity index (χ3n) is 3.81. The highest BCUT2D eigenvalue weighted by atomic mass is 19.4. The molecule has 20 heavy (non-hydrogen) atoms. The van der Waals surface area contributed by atoms with E-state index in [0.717, 1.165) is 6.42 Å². The number of alkyl halides is 3. The zero-order chi connectivity index (χ0) is 14.8. The van der Waals surface area contributed by atoms with E-state index in [2.05, 4.69) is 5.32 Å². The Morgan fingerprint density at radius 3 is 2.50 bits per heavy atom. The monoisotopic (exact) mass is 289 g/mol. The van der Waals surface area contributed by atoms with Crippen LogP contribution in [0.15, 0.2) is 18.2 Å². The fourth-order valence-electron chi connectivity index (χ4n) is 2.71. The molecule has 0 saturated heterocycles. The van der Waals surface area contributed by atoms with Crippen LogP contribution in [0.1, 0.15) is 31.2 Å². The van der Waals surface area contributed by atoms with Gasteiger partial charge in [-0.2, -0.15) is 13.2 Å². The molecule has 3 nitrogen and oxygen atoms in total. The second kappa shape index (κ2) is 5.91. The van der Waals surface area contributed by atoms with E-state index in [9.17, 15) is 23.4 Å². The normalized spacial score (nSPS) is 23.8. The maximum absolute atomic E-state index is 12.9. The Morgan fingerprint density at radius 2 is 1.85 bits per heavy atom. The summed E-state index contributed by atoms with van der Waals surface area (Å²) in [6.45, 7) is 0.156. The van der Waals surface area contributed by atoms with Gasteiger partial charge in [-0.25, -0.2) is 0 Å². The van der Waals surface area contributed by atoms with Gasteiger partial charge < -0.3 is 15.5 Å². The van der Waals surface area contributed by atoms with Gasteiger partial charge in [-0.05, 0) is 18.9 Å². The number of phenolic OH excluding ortho intramolecular Hbond substituents is 2. The van der Waals surface area contributed by atoms with Crippen molar-refractivity contribution in [2.24, 2.45) is 5.92 Å². The van der Waals surface area contributed by atoms with Crippen LogP contribution in [0, 0.1) is 5.92 Å². The molecule has 1 aliphatic rings. The molecule has 1 aromatic rings. The quantitative estimate of drug-likeness (QED) is 0.800. The molecular weight excluding hydrogens is 271 g/mol. The average molecular weight is 289 g/mol. The minimum Gasteiger partial charge on any atom is -0.508 e. The third-order valence-corrected chi connectivity index (χ3v) is 3.81. The summed E-state index contributed by atoms with van der Waals surface area (Å²) in [5, 5.41) is 21.7. The molecule has 3 N–H and O–H groups in total. The number of rotatable bonds is 3. The molecular formula is C14H18F3NO2. The molecule has 0 radical (unpaired) electrons. The van der Waals surface area contributed by atoms with Crippen LogP contribution in [-0.2, 0) is 6.54 Å². The highest BCUT2D eigenvalue weighted by Gasteiger charge is 2.45. The van der Waals surface area contributed by atoms with Crippen LogP contribution in [0.25, 0.3) is 0 Å². The van der Waals surface area contributed by atoms with Crippen molar-refractivity contribution in [3.05, 3.63) is 23.8 Å². The lowest BCUT2D eigenvalue weighted by atomic mass is 9.84. The van der Waals surface area contributed by atoms with Crippen LogP contribution < -0.4 is 5.32 Å². The Balaban J connectivity index is 2.01. The molecule has 0 bridgehead atoms. The molecule has 0 aliphatic heterocycles. The maximum Gasteiger partial charge on any atom is 0.393 e. The number of hydrogen-bond acceptors (Lipinski definition) is 3. The lowest BCUT2D eigenvalue weighted by Gasteiger charge is -2.33. The summed E-state index contributed by atoms with van der Waals surface area (Å²) in [5.41, 5.74) is 0.481. The van der Waals surface area contributed by atoms with Crippen molar-refractivity contribution in [3.63, 3.8) is 0 Å². The summed E-state index contributed by atoms with van der Waals surface area (Å²) in [6, 6.07) is 3.47. The summed E-state index contributed by atoms with van der Waals surface area (Å²) < 4.78 is 38.8. The molecule has 0 heterocycles. The van der Waals surface area contributed by atoms with Crippen molar-refractivity contribution in [3.8, 4) is 11.5 Å². The van der Waals surface area contributed by atoms with Crippen LogP contribution in [0.5, 0.6) is 11.5 Å². The van der Waals surface area contributed by atoms with Gasteiger partial charge in [0.2, 0.25) is 0 Å². The molecule has 1 fully saturated rings. The van der Waals surface area contributed by atoms with E-state index in [1.807, 2.05) is 0 Å². The molecule has 0 amide bonds. The van der Waals surface area contributed by atoms with Gasteiger partial charge in [-0.1, -0.05) is 18.9 Å². The second-order valence-electron chi connectivity index (χ2n) is 5.23. The second-order valence-corrected chi connectivity index (χ2v) is 5.23. The summed E-state index contributed by atoms with van der Waals surface area (Å²) in [7, 11) is 0. The molecule has 112 valence electrons. The van der Waals surface area contributed by atoms with Crippen molar-refractivity contribution >= 4 is 0 Å². The van der Waals surface area contributed by atoms with E-state index in [1.54, 1.807) is 0 Å². The third kappa shape index (κ3) is 3.56. The predicted molar refractivity (Wildman–Crippen MR) is 68.4 cm³/mol. The zero-order valence-electron chi connectivity index (χ0n) is 11.0. The summed E-state index contributed by atoms with van der Waals surface area (Å²) in [4.78, 5) is 0. The van der Waals surface area contributed by atoms with Gasteiger partial charge in [0.1, 0.15) is 11.5 Å². The first-order chi connectivity index (χ1) is 9.38. The summed E-state index contributed by atoms with van der Waals surface area (Å²) in [6.07, 6.45) is -2.15. The topological polar surface area (TPSA) is 52.5 Å². The van der Waals surface area contributed by atoms with Gasteiger partial charge in [0.25, 0.3) is 0 Å². The smallest absolute Gasteiger partial charge is 0.393 e. The Morgan fingerprint density at radius 1 is 1.15 bits per heavy atom. The minimum absolute atomic E-state index is 0.0721. The molecule has 2 unspecified atom stereocenters. The highest BCUT2D eigenvalue weighted by Crippen LogP contribution is 2.38. The molecule has 2 rings (SSSR count). The van der Waals surface area contributed by atoms with E-state index >= 15 is 0 Å². The van der Waals surface area contributed by atoms with Crippen LogP contribution in [0.2, 0.25) is 0 Å². The SMILES string of the molecule is Oc1ccc(CNC2CCCCC2C(F)(F)F)c(O)c1. The average Bonchev–Trinajstić information content (AvgIpc) is 2.37. The fraction of sp³-hybridized carbons (Fsp3) is 0.571. The first-order valence-corrected chi connectivity index (χ1v) is 6.69. The van der Waals surface area contributed by atoms with E-state index in [0.29, 0.717) is 18.4 Å². The molecule has 1 aliphatic carbocycles. The van der Waals surface area contributed by atoms with E-state index in [-0.39, 0.29) is 24.5 Å². The van der Waals surface area contributed by atoms with Crippen LogP contribution in [-0.4, -0.2) is 22.4 Å². The van der Waals surface area contributed by atoms with Crippen LogP contribution in [0.4, 0.5) is 13.2 Å². The lowest BCUT2D eigenvalue weighted by molar-refractivity contribution is -0.189. The molecule has 6 heteroatoms. The van der Waals surface area contributed by atoms with Crippen LogP contribution in [0.3, 0.4) is 0 Å². The van der Waals surface area contributed by atoms with Gasteiger partial charge in [0.05, 0.1) is 5.92 Å². The van der Waals surface area contributed by atoms with Crippen LogP contribution >= 0.6 is 0 Å². The first kappa shape index (κ1) is 15.0.